The number of carbonyl (C=O) groups is 2. The molecule has 1 unspecified atom stereocenters. The quantitative estimate of drug-likeness (QED) is 0.533. The van der Waals surface area contributed by atoms with E-state index in [1.807, 2.05) is 0 Å². The van der Waals surface area contributed by atoms with Crippen molar-refractivity contribution < 1.29 is 18.4 Å². The van der Waals surface area contributed by atoms with Gasteiger partial charge in [0.15, 0.2) is 17.5 Å². The summed E-state index contributed by atoms with van der Waals surface area (Å²) in [5, 5.41) is 12.2. The lowest BCUT2D eigenvalue weighted by Gasteiger charge is -2.35. The lowest BCUT2D eigenvalue weighted by Crippen LogP contribution is -2.50. The van der Waals surface area contributed by atoms with Crippen LogP contribution in [0.5, 0.6) is 0 Å². The van der Waals surface area contributed by atoms with E-state index >= 15 is 0 Å². The number of hydrogen-bond donors (Lipinski definition) is 0. The van der Waals surface area contributed by atoms with E-state index in [0.717, 1.165) is 17.8 Å². The maximum atomic E-state index is 13.6. The van der Waals surface area contributed by atoms with Gasteiger partial charge in [-0.15, -0.1) is 5.10 Å². The van der Waals surface area contributed by atoms with Crippen LogP contribution in [-0.2, 0) is 16.1 Å². The Morgan fingerprint density at radius 2 is 1.71 bits per heavy atom. The number of hydrogen-bond acceptors (Lipinski definition) is 6. The lowest BCUT2D eigenvalue weighted by molar-refractivity contribution is -0.137. The zero-order chi connectivity index (χ0) is 24.5. The number of carbonyl (C=O) groups excluding carboxylic acids is 2. The molecule has 0 spiro atoms. The zero-order valence-electron chi connectivity index (χ0n) is 18.6. The molecule has 35 heavy (non-hydrogen) atoms. The first-order chi connectivity index (χ1) is 16.9. The molecule has 1 aromatic heterocycles. The minimum absolute atomic E-state index is 0.0268. The summed E-state index contributed by atoms with van der Waals surface area (Å²) in [4.78, 5) is 31.1. The second-order valence-electron chi connectivity index (χ2n) is 8.59. The average Bonchev–Trinajstić information content (AvgIpc) is 3.48. The van der Waals surface area contributed by atoms with Gasteiger partial charge in [0.25, 0.3) is 0 Å². The summed E-state index contributed by atoms with van der Waals surface area (Å²) < 4.78 is 28.3. The van der Waals surface area contributed by atoms with Crippen LogP contribution in [0.1, 0.15) is 12.2 Å². The smallest absolute Gasteiger partial charge is 0.228 e. The molecular weight excluding hydrogens is 480 g/mol. The van der Waals surface area contributed by atoms with Crippen molar-refractivity contribution in [2.75, 3.05) is 37.6 Å². The molecule has 0 bridgehead atoms. The lowest BCUT2D eigenvalue weighted by atomic mass is 10.1. The van der Waals surface area contributed by atoms with Gasteiger partial charge in [-0.1, -0.05) is 11.6 Å². The summed E-state index contributed by atoms with van der Waals surface area (Å²) >= 11 is 5.93. The molecule has 2 fully saturated rings. The van der Waals surface area contributed by atoms with Gasteiger partial charge in [-0.25, -0.2) is 8.78 Å². The molecule has 0 saturated carbocycles. The summed E-state index contributed by atoms with van der Waals surface area (Å²) in [5.74, 6) is -1.92. The molecular formula is C23H22ClF2N7O2. The van der Waals surface area contributed by atoms with E-state index in [1.54, 1.807) is 34.1 Å². The molecule has 0 aliphatic carbocycles. The number of amides is 2. The Morgan fingerprint density at radius 3 is 2.43 bits per heavy atom. The van der Waals surface area contributed by atoms with Crippen LogP contribution in [0, 0.1) is 17.6 Å². The van der Waals surface area contributed by atoms with Crippen LogP contribution >= 0.6 is 11.6 Å². The molecule has 3 aromatic rings. The van der Waals surface area contributed by atoms with Crippen LogP contribution in [0.4, 0.5) is 14.5 Å². The highest BCUT2D eigenvalue weighted by molar-refractivity contribution is 6.30. The van der Waals surface area contributed by atoms with Crippen molar-refractivity contribution in [3.8, 4) is 5.69 Å². The first-order valence-corrected chi connectivity index (χ1v) is 11.6. The summed E-state index contributed by atoms with van der Waals surface area (Å²) in [7, 11) is 0. The second kappa shape index (κ2) is 9.67. The van der Waals surface area contributed by atoms with Gasteiger partial charge in [-0.2, -0.15) is 4.68 Å². The number of aromatic nitrogens is 4. The molecule has 2 aliphatic rings. The molecule has 0 radical (unpaired) electrons. The van der Waals surface area contributed by atoms with Crippen molar-refractivity contribution in [2.24, 2.45) is 5.92 Å². The van der Waals surface area contributed by atoms with Crippen molar-refractivity contribution in [3.63, 3.8) is 0 Å². The fraction of sp³-hybridized carbons (Fsp3) is 0.348. The zero-order valence-corrected chi connectivity index (χ0v) is 19.4. The molecule has 12 heteroatoms. The van der Waals surface area contributed by atoms with Gasteiger partial charge >= 0.3 is 0 Å². The van der Waals surface area contributed by atoms with E-state index in [-0.39, 0.29) is 24.2 Å². The standard InChI is InChI=1S/C23H22ClF2N7O2/c24-16-1-3-17(4-2-16)32-13-15(11-22(32)34)23(35)31-9-7-30(8-10-31)14-21-27-28-29-33(21)18-5-6-19(25)20(26)12-18/h1-6,12,15H,7-11,13-14H2. The highest BCUT2D eigenvalue weighted by atomic mass is 35.5. The van der Waals surface area contributed by atoms with Gasteiger partial charge in [0.1, 0.15) is 0 Å². The molecule has 1 atom stereocenters. The third-order valence-electron chi connectivity index (χ3n) is 6.34. The average molecular weight is 502 g/mol. The van der Waals surface area contributed by atoms with Gasteiger partial charge < -0.3 is 9.80 Å². The number of anilines is 1. The van der Waals surface area contributed by atoms with Gasteiger partial charge in [0, 0.05) is 55.9 Å². The fourth-order valence-corrected chi connectivity index (χ4v) is 4.58. The minimum Gasteiger partial charge on any atom is -0.340 e. The Balaban J connectivity index is 1.17. The highest BCUT2D eigenvalue weighted by Crippen LogP contribution is 2.28. The molecule has 2 amide bonds. The summed E-state index contributed by atoms with van der Waals surface area (Å²) in [6.45, 7) is 2.95. The topological polar surface area (TPSA) is 87.5 Å². The Morgan fingerprint density at radius 1 is 1.00 bits per heavy atom. The van der Waals surface area contributed by atoms with Crippen LogP contribution in [0.15, 0.2) is 42.5 Å². The Kier molecular flexibility index (Phi) is 6.44. The predicted molar refractivity (Wildman–Crippen MR) is 123 cm³/mol. The van der Waals surface area contributed by atoms with Gasteiger partial charge in [0.05, 0.1) is 18.2 Å². The van der Waals surface area contributed by atoms with E-state index in [2.05, 4.69) is 20.4 Å². The maximum Gasteiger partial charge on any atom is 0.228 e. The number of halogens is 3. The van der Waals surface area contributed by atoms with Gasteiger partial charge in [0.2, 0.25) is 11.8 Å². The molecule has 9 nitrogen and oxygen atoms in total. The van der Waals surface area contributed by atoms with E-state index in [9.17, 15) is 18.4 Å². The monoisotopic (exact) mass is 501 g/mol. The second-order valence-corrected chi connectivity index (χ2v) is 9.03. The van der Waals surface area contributed by atoms with E-state index < -0.39 is 11.6 Å². The van der Waals surface area contributed by atoms with Crippen LogP contribution in [0.3, 0.4) is 0 Å². The van der Waals surface area contributed by atoms with Crippen molar-refractivity contribution in [3.05, 3.63) is 64.9 Å². The normalized spacial score (nSPS) is 18.9. The Bertz CT molecular complexity index is 1240. The van der Waals surface area contributed by atoms with Crippen molar-refractivity contribution in [1.29, 1.82) is 0 Å². The van der Waals surface area contributed by atoms with E-state index in [1.165, 1.54) is 10.7 Å². The van der Waals surface area contributed by atoms with E-state index in [4.69, 9.17) is 11.6 Å². The van der Waals surface area contributed by atoms with Gasteiger partial charge in [-0.3, -0.25) is 14.5 Å². The van der Waals surface area contributed by atoms with Crippen LogP contribution in [-0.4, -0.2) is 74.5 Å². The molecule has 2 aliphatic heterocycles. The largest absolute Gasteiger partial charge is 0.340 e. The van der Waals surface area contributed by atoms with Crippen LogP contribution in [0.2, 0.25) is 5.02 Å². The Labute approximate surface area is 204 Å². The first-order valence-electron chi connectivity index (χ1n) is 11.2. The number of piperazine rings is 1. The third kappa shape index (κ3) is 4.87. The van der Waals surface area contributed by atoms with Crippen LogP contribution < -0.4 is 4.90 Å². The number of nitrogens with zero attached hydrogens (tertiary/aromatic N) is 7. The molecule has 0 N–H and O–H groups in total. The molecule has 182 valence electrons. The SMILES string of the molecule is O=C(C1CC(=O)N(c2ccc(Cl)cc2)C1)N1CCN(Cc2nnnn2-c2ccc(F)c(F)c2)CC1. The number of rotatable bonds is 5. The molecule has 2 saturated heterocycles. The fourth-order valence-electron chi connectivity index (χ4n) is 4.45. The maximum absolute atomic E-state index is 13.6. The van der Waals surface area contributed by atoms with Crippen molar-refractivity contribution >= 4 is 29.1 Å². The number of tetrazole rings is 1. The van der Waals surface area contributed by atoms with E-state index in [0.29, 0.717) is 55.8 Å². The summed E-state index contributed by atoms with van der Waals surface area (Å²) in [6, 6.07) is 10.5. The molecule has 5 rings (SSSR count). The van der Waals surface area contributed by atoms with Gasteiger partial charge in [-0.05, 0) is 46.8 Å². The summed E-state index contributed by atoms with van der Waals surface area (Å²) in [6.07, 6.45) is 0.185. The highest BCUT2D eigenvalue weighted by Gasteiger charge is 2.38. The Hall–Kier alpha value is -3.44. The number of benzene rings is 2. The van der Waals surface area contributed by atoms with Crippen molar-refractivity contribution in [1.82, 2.24) is 30.0 Å². The third-order valence-corrected chi connectivity index (χ3v) is 6.60. The molecule has 2 aromatic carbocycles. The minimum atomic E-state index is -0.976. The molecule has 3 heterocycles. The van der Waals surface area contributed by atoms with Crippen molar-refractivity contribution in [2.45, 2.75) is 13.0 Å². The summed E-state index contributed by atoms with van der Waals surface area (Å²) in [5.41, 5.74) is 1.06. The first kappa shape index (κ1) is 23.3. The predicted octanol–water partition coefficient (Wildman–Crippen LogP) is 2.29. The van der Waals surface area contributed by atoms with Crippen LogP contribution in [0.25, 0.3) is 5.69 Å².